The quantitative estimate of drug-likeness (QED) is 0.423. The Morgan fingerprint density at radius 3 is 2.53 bits per heavy atom. The van der Waals surface area contributed by atoms with Crippen LogP contribution >= 0.6 is 0 Å². The predicted molar refractivity (Wildman–Crippen MR) is 55.8 cm³/mol. The lowest BCUT2D eigenvalue weighted by Crippen LogP contribution is -2.18. The van der Waals surface area contributed by atoms with E-state index in [-0.39, 0.29) is 0 Å². The van der Waals surface area contributed by atoms with Gasteiger partial charge in [-0.1, -0.05) is 36.3 Å². The van der Waals surface area contributed by atoms with E-state index in [1.54, 1.807) is 24.3 Å². The fourth-order valence-electron chi connectivity index (χ4n) is 1.06. The first-order valence-electron chi connectivity index (χ1n) is 4.45. The van der Waals surface area contributed by atoms with Crippen LogP contribution < -0.4 is 0 Å². The third-order valence-electron chi connectivity index (χ3n) is 1.93. The van der Waals surface area contributed by atoms with Gasteiger partial charge in [0.15, 0.2) is 0 Å². The molecular weight excluding hydrogens is 192 g/mol. The molecule has 0 heterocycles. The molecule has 1 aromatic rings. The first-order chi connectivity index (χ1) is 7.06. The van der Waals surface area contributed by atoms with Crippen molar-refractivity contribution in [2.24, 2.45) is 0 Å². The lowest BCUT2D eigenvalue weighted by Gasteiger charge is -2.16. The number of aliphatic hydroxyl groups is 1. The number of esters is 1. The molecular formula is C12H12O3. The van der Waals surface area contributed by atoms with Crippen molar-refractivity contribution in [2.75, 3.05) is 7.11 Å². The topological polar surface area (TPSA) is 46.5 Å². The lowest BCUT2D eigenvalue weighted by molar-refractivity contribution is -0.133. The Morgan fingerprint density at radius 1 is 1.40 bits per heavy atom. The Labute approximate surface area is 88.7 Å². The molecule has 0 saturated carbocycles. The summed E-state index contributed by atoms with van der Waals surface area (Å²) in [5.41, 5.74) is -0.698. The molecule has 0 fully saturated rings. The van der Waals surface area contributed by atoms with Gasteiger partial charge in [-0.05, 0) is 12.5 Å². The molecule has 1 aromatic carbocycles. The fraction of sp³-hybridized carbons (Fsp3) is 0.250. The van der Waals surface area contributed by atoms with Gasteiger partial charge in [0.25, 0.3) is 0 Å². The normalized spacial score (nSPS) is 13.3. The van der Waals surface area contributed by atoms with E-state index in [0.29, 0.717) is 5.56 Å². The van der Waals surface area contributed by atoms with E-state index in [2.05, 4.69) is 16.6 Å². The first kappa shape index (κ1) is 11.3. The lowest BCUT2D eigenvalue weighted by atomic mass is 9.97. The Bertz CT molecular complexity index is 396. The van der Waals surface area contributed by atoms with Crippen LogP contribution in [0.4, 0.5) is 0 Å². The average molecular weight is 204 g/mol. The molecule has 3 nitrogen and oxygen atoms in total. The van der Waals surface area contributed by atoms with Gasteiger partial charge in [0.2, 0.25) is 0 Å². The number of hydrogen-bond donors (Lipinski definition) is 1. The zero-order valence-electron chi connectivity index (χ0n) is 8.65. The van der Waals surface area contributed by atoms with Gasteiger partial charge in [0.05, 0.1) is 7.11 Å². The molecule has 0 amide bonds. The smallest absolute Gasteiger partial charge is 0.384 e. The summed E-state index contributed by atoms with van der Waals surface area (Å²) >= 11 is 0. The zero-order valence-corrected chi connectivity index (χ0v) is 8.65. The highest BCUT2D eigenvalue weighted by Crippen LogP contribution is 2.18. The van der Waals surface area contributed by atoms with Crippen molar-refractivity contribution in [1.29, 1.82) is 0 Å². The van der Waals surface area contributed by atoms with Crippen LogP contribution in [0.25, 0.3) is 0 Å². The van der Waals surface area contributed by atoms with Crippen molar-refractivity contribution in [2.45, 2.75) is 12.5 Å². The largest absolute Gasteiger partial charge is 0.459 e. The van der Waals surface area contributed by atoms with E-state index >= 15 is 0 Å². The van der Waals surface area contributed by atoms with Gasteiger partial charge in [0, 0.05) is 5.92 Å². The summed E-state index contributed by atoms with van der Waals surface area (Å²) in [6, 6.07) is 8.92. The number of carbonyl (C=O) groups is 1. The molecule has 0 aliphatic carbocycles. The molecule has 0 saturated heterocycles. The zero-order chi connectivity index (χ0) is 11.3. The monoisotopic (exact) mass is 204 g/mol. The Balaban J connectivity index is 2.92. The molecule has 1 rings (SSSR count). The third-order valence-corrected chi connectivity index (χ3v) is 1.93. The standard InChI is InChI=1S/C12H12O3/c1-12(14,9-8-11(13)15-2)10-6-4-3-5-7-10/h3-7,14H,1-2H3. The molecule has 15 heavy (non-hydrogen) atoms. The van der Waals surface area contributed by atoms with Crippen molar-refractivity contribution in [1.82, 2.24) is 0 Å². The minimum atomic E-state index is -1.34. The van der Waals surface area contributed by atoms with Gasteiger partial charge >= 0.3 is 5.97 Å². The van der Waals surface area contributed by atoms with Crippen LogP contribution in [0.5, 0.6) is 0 Å². The molecule has 0 aromatic heterocycles. The van der Waals surface area contributed by atoms with Crippen molar-refractivity contribution >= 4 is 5.97 Å². The molecule has 1 atom stereocenters. The van der Waals surface area contributed by atoms with Crippen molar-refractivity contribution in [3.05, 3.63) is 35.9 Å². The number of benzene rings is 1. The number of hydrogen-bond acceptors (Lipinski definition) is 3. The van der Waals surface area contributed by atoms with Gasteiger partial charge in [-0.2, -0.15) is 0 Å². The van der Waals surface area contributed by atoms with Gasteiger partial charge in [-0.3, -0.25) is 0 Å². The molecule has 0 spiro atoms. The van der Waals surface area contributed by atoms with Gasteiger partial charge in [-0.15, -0.1) is 0 Å². The summed E-state index contributed by atoms with van der Waals surface area (Å²) in [5.74, 6) is 4.01. The highest BCUT2D eigenvalue weighted by Gasteiger charge is 2.19. The maximum atomic E-state index is 10.8. The maximum Gasteiger partial charge on any atom is 0.384 e. The van der Waals surface area contributed by atoms with Gasteiger partial charge < -0.3 is 9.84 Å². The van der Waals surface area contributed by atoms with Crippen LogP contribution in [0, 0.1) is 11.8 Å². The summed E-state index contributed by atoms with van der Waals surface area (Å²) in [5, 5.41) is 9.95. The van der Waals surface area contributed by atoms with Crippen molar-refractivity contribution in [3.8, 4) is 11.8 Å². The molecule has 0 bridgehead atoms. The third kappa shape index (κ3) is 3.12. The molecule has 1 unspecified atom stereocenters. The maximum absolute atomic E-state index is 10.8. The number of carbonyl (C=O) groups excluding carboxylic acids is 1. The molecule has 3 heteroatoms. The SMILES string of the molecule is COC(=O)C#CC(C)(O)c1ccccc1. The van der Waals surface area contributed by atoms with Crippen LogP contribution in [0.15, 0.2) is 30.3 Å². The Kier molecular flexibility index (Phi) is 3.48. The van der Waals surface area contributed by atoms with Crippen LogP contribution in [-0.2, 0) is 15.1 Å². The minimum Gasteiger partial charge on any atom is -0.459 e. The molecule has 0 radical (unpaired) electrons. The number of methoxy groups -OCH3 is 1. The Morgan fingerprint density at radius 2 is 2.00 bits per heavy atom. The van der Waals surface area contributed by atoms with Crippen molar-refractivity contribution in [3.63, 3.8) is 0 Å². The van der Waals surface area contributed by atoms with Gasteiger partial charge in [-0.25, -0.2) is 4.79 Å². The van der Waals surface area contributed by atoms with Crippen LogP contribution in [0.1, 0.15) is 12.5 Å². The minimum absolute atomic E-state index is 0.640. The molecule has 1 N–H and O–H groups in total. The van der Waals surface area contributed by atoms with E-state index in [1.165, 1.54) is 14.0 Å². The van der Waals surface area contributed by atoms with E-state index in [4.69, 9.17) is 0 Å². The average Bonchev–Trinajstić information content (AvgIpc) is 2.27. The Hall–Kier alpha value is -1.79. The second-order valence-corrected chi connectivity index (χ2v) is 3.18. The molecule has 0 aliphatic rings. The fourth-order valence-corrected chi connectivity index (χ4v) is 1.06. The summed E-state index contributed by atoms with van der Waals surface area (Å²) in [7, 11) is 1.24. The summed E-state index contributed by atoms with van der Waals surface area (Å²) < 4.78 is 4.36. The molecule has 0 aliphatic heterocycles. The van der Waals surface area contributed by atoms with E-state index in [9.17, 15) is 9.90 Å². The van der Waals surface area contributed by atoms with Gasteiger partial charge in [0.1, 0.15) is 5.60 Å². The highest BCUT2D eigenvalue weighted by molar-refractivity contribution is 5.88. The second kappa shape index (κ2) is 4.63. The van der Waals surface area contributed by atoms with Crippen LogP contribution in [0.2, 0.25) is 0 Å². The van der Waals surface area contributed by atoms with E-state index in [1.807, 2.05) is 6.07 Å². The number of ether oxygens (including phenoxy) is 1. The summed E-state index contributed by atoms with van der Waals surface area (Å²) in [6.07, 6.45) is 0. The van der Waals surface area contributed by atoms with E-state index < -0.39 is 11.6 Å². The van der Waals surface area contributed by atoms with Crippen LogP contribution in [-0.4, -0.2) is 18.2 Å². The van der Waals surface area contributed by atoms with Crippen molar-refractivity contribution < 1.29 is 14.6 Å². The summed E-state index contributed by atoms with van der Waals surface area (Å²) in [6.45, 7) is 1.53. The highest BCUT2D eigenvalue weighted by atomic mass is 16.5. The van der Waals surface area contributed by atoms with E-state index in [0.717, 1.165) is 0 Å². The second-order valence-electron chi connectivity index (χ2n) is 3.18. The summed E-state index contributed by atoms with van der Waals surface area (Å²) in [4.78, 5) is 10.8. The molecule has 78 valence electrons. The van der Waals surface area contributed by atoms with Crippen LogP contribution in [0.3, 0.4) is 0 Å². The first-order valence-corrected chi connectivity index (χ1v) is 4.45. The predicted octanol–water partition coefficient (Wildman–Crippen LogP) is 1.07. The number of rotatable bonds is 1.